The summed E-state index contributed by atoms with van der Waals surface area (Å²) in [5, 5.41) is 0. The van der Waals surface area contributed by atoms with Gasteiger partial charge in [-0.3, -0.25) is 9.78 Å². The van der Waals surface area contributed by atoms with Crippen molar-refractivity contribution < 1.29 is 14.3 Å². The summed E-state index contributed by atoms with van der Waals surface area (Å²) in [6.45, 7) is 0. The third-order valence-electron chi connectivity index (χ3n) is 2.30. The van der Waals surface area contributed by atoms with E-state index in [4.69, 9.17) is 9.47 Å². The highest BCUT2D eigenvalue weighted by molar-refractivity contribution is 9.11. The van der Waals surface area contributed by atoms with E-state index in [0.717, 1.165) is 15.2 Å². The molecule has 0 aliphatic heterocycles. The van der Waals surface area contributed by atoms with E-state index < -0.39 is 0 Å². The summed E-state index contributed by atoms with van der Waals surface area (Å²) in [4.78, 5) is 14.6. The van der Waals surface area contributed by atoms with Gasteiger partial charge in [0.1, 0.15) is 17.2 Å². The predicted octanol–water partition coefficient (Wildman–Crippen LogP) is 4.22. The number of rotatable bonds is 4. The molecule has 0 radical (unpaired) electrons. The second-order valence-corrected chi connectivity index (χ2v) is 5.30. The molecule has 0 amide bonds. The minimum atomic E-state index is 0.459. The molecule has 0 N–H and O–H groups in total. The summed E-state index contributed by atoms with van der Waals surface area (Å²) in [5.41, 5.74) is 0.459. The van der Waals surface area contributed by atoms with E-state index in [1.54, 1.807) is 25.3 Å². The Bertz CT molecular complexity index is 617. The van der Waals surface area contributed by atoms with Gasteiger partial charge in [0.25, 0.3) is 0 Å². The normalized spacial score (nSPS) is 10.1. The lowest BCUT2D eigenvalue weighted by atomic mass is 10.3. The molecule has 2 aromatic rings. The van der Waals surface area contributed by atoms with Crippen LogP contribution in [0, 0.1) is 0 Å². The topological polar surface area (TPSA) is 48.4 Å². The van der Waals surface area contributed by atoms with Gasteiger partial charge in [0.15, 0.2) is 6.29 Å². The van der Waals surface area contributed by atoms with Crippen LogP contribution in [0.4, 0.5) is 0 Å². The van der Waals surface area contributed by atoms with Gasteiger partial charge in [-0.25, -0.2) is 0 Å². The summed E-state index contributed by atoms with van der Waals surface area (Å²) in [6.07, 6.45) is 3.73. The van der Waals surface area contributed by atoms with Gasteiger partial charge in [0, 0.05) is 11.8 Å². The number of methoxy groups -OCH3 is 1. The van der Waals surface area contributed by atoms with Crippen molar-refractivity contribution in [2.75, 3.05) is 7.11 Å². The van der Waals surface area contributed by atoms with E-state index in [1.165, 1.54) is 12.4 Å². The maximum absolute atomic E-state index is 10.7. The van der Waals surface area contributed by atoms with Crippen molar-refractivity contribution in [2.24, 2.45) is 0 Å². The van der Waals surface area contributed by atoms with Crippen molar-refractivity contribution in [3.63, 3.8) is 0 Å². The number of carbonyl (C=O) groups excluding carboxylic acids is 1. The first-order valence-corrected chi connectivity index (χ1v) is 6.83. The van der Waals surface area contributed by atoms with Gasteiger partial charge < -0.3 is 9.47 Å². The molecule has 0 spiro atoms. The molecule has 0 unspecified atom stereocenters. The fraction of sp³-hybridized carbons (Fsp3) is 0.0769. The number of aromatic nitrogens is 1. The number of benzene rings is 1. The zero-order valence-electron chi connectivity index (χ0n) is 9.89. The Morgan fingerprint density at radius 1 is 1.11 bits per heavy atom. The third kappa shape index (κ3) is 3.33. The molecular formula is C13H9Br2NO3. The molecule has 6 heteroatoms. The molecule has 0 bridgehead atoms. The van der Waals surface area contributed by atoms with Crippen LogP contribution in [0.3, 0.4) is 0 Å². The van der Waals surface area contributed by atoms with E-state index in [9.17, 15) is 4.79 Å². The largest absolute Gasteiger partial charge is 0.496 e. The predicted molar refractivity (Wildman–Crippen MR) is 78.1 cm³/mol. The first-order valence-electron chi connectivity index (χ1n) is 5.25. The Balaban J connectivity index is 2.32. The summed E-state index contributed by atoms with van der Waals surface area (Å²) in [6, 6.07) is 5.18. The van der Waals surface area contributed by atoms with Crippen LogP contribution in [0.25, 0.3) is 0 Å². The molecule has 4 nitrogen and oxygen atoms in total. The average Bonchev–Trinajstić information content (AvgIpc) is 2.42. The minimum absolute atomic E-state index is 0.459. The second-order valence-electron chi connectivity index (χ2n) is 3.59. The number of hydrogen-bond acceptors (Lipinski definition) is 4. The van der Waals surface area contributed by atoms with Gasteiger partial charge in [0.05, 0.1) is 22.3 Å². The van der Waals surface area contributed by atoms with Crippen molar-refractivity contribution in [3.05, 3.63) is 45.1 Å². The Morgan fingerprint density at radius 3 is 2.47 bits per heavy atom. The SMILES string of the molecule is COc1cc(Br)c(Oc2cncc(C=O)c2)cc1Br. The van der Waals surface area contributed by atoms with Gasteiger partial charge in [0.2, 0.25) is 0 Å². The lowest BCUT2D eigenvalue weighted by Gasteiger charge is -2.10. The van der Waals surface area contributed by atoms with Gasteiger partial charge in [-0.2, -0.15) is 0 Å². The van der Waals surface area contributed by atoms with E-state index in [2.05, 4.69) is 36.8 Å². The molecule has 2 rings (SSSR count). The lowest BCUT2D eigenvalue weighted by molar-refractivity contribution is 0.112. The molecule has 19 heavy (non-hydrogen) atoms. The number of halogens is 2. The molecule has 98 valence electrons. The van der Waals surface area contributed by atoms with E-state index in [1.807, 2.05) is 0 Å². The monoisotopic (exact) mass is 385 g/mol. The second kappa shape index (κ2) is 6.16. The van der Waals surface area contributed by atoms with Crippen molar-refractivity contribution in [2.45, 2.75) is 0 Å². The van der Waals surface area contributed by atoms with E-state index >= 15 is 0 Å². The van der Waals surface area contributed by atoms with Crippen LogP contribution in [-0.4, -0.2) is 18.4 Å². The van der Waals surface area contributed by atoms with Crippen LogP contribution in [-0.2, 0) is 0 Å². The van der Waals surface area contributed by atoms with Crippen molar-refractivity contribution in [3.8, 4) is 17.2 Å². The third-order valence-corrected chi connectivity index (χ3v) is 3.54. The highest BCUT2D eigenvalue weighted by Gasteiger charge is 2.09. The lowest BCUT2D eigenvalue weighted by Crippen LogP contribution is -1.91. The first-order chi connectivity index (χ1) is 9.13. The molecule has 0 saturated carbocycles. The summed E-state index contributed by atoms with van der Waals surface area (Å²) >= 11 is 6.78. The molecule has 0 aliphatic carbocycles. The smallest absolute Gasteiger partial charge is 0.151 e. The first kappa shape index (κ1) is 14.0. The maximum atomic E-state index is 10.7. The average molecular weight is 387 g/mol. The minimum Gasteiger partial charge on any atom is -0.496 e. The molecule has 1 aromatic heterocycles. The Hall–Kier alpha value is -1.40. The van der Waals surface area contributed by atoms with Crippen LogP contribution >= 0.6 is 31.9 Å². The molecule has 1 heterocycles. The Morgan fingerprint density at radius 2 is 1.79 bits per heavy atom. The summed E-state index contributed by atoms with van der Waals surface area (Å²) < 4.78 is 12.4. The van der Waals surface area contributed by atoms with Crippen LogP contribution < -0.4 is 9.47 Å². The highest BCUT2D eigenvalue weighted by atomic mass is 79.9. The van der Waals surface area contributed by atoms with Crippen molar-refractivity contribution in [1.82, 2.24) is 4.98 Å². The van der Waals surface area contributed by atoms with Gasteiger partial charge in [-0.15, -0.1) is 0 Å². The zero-order chi connectivity index (χ0) is 13.8. The van der Waals surface area contributed by atoms with Crippen molar-refractivity contribution >= 4 is 38.1 Å². The Labute approximate surface area is 127 Å². The van der Waals surface area contributed by atoms with Crippen LogP contribution in [0.2, 0.25) is 0 Å². The summed E-state index contributed by atoms with van der Waals surface area (Å²) in [5.74, 6) is 1.78. The molecule has 0 atom stereocenters. The number of carbonyl (C=O) groups is 1. The molecule has 0 saturated heterocycles. The fourth-order valence-corrected chi connectivity index (χ4v) is 2.32. The molecule has 0 aliphatic rings. The molecule has 1 aromatic carbocycles. The van der Waals surface area contributed by atoms with E-state index in [-0.39, 0.29) is 0 Å². The zero-order valence-corrected chi connectivity index (χ0v) is 13.1. The van der Waals surface area contributed by atoms with Crippen LogP contribution in [0.5, 0.6) is 17.2 Å². The van der Waals surface area contributed by atoms with Crippen LogP contribution in [0.15, 0.2) is 39.5 Å². The number of aldehydes is 1. The number of pyridine rings is 1. The van der Waals surface area contributed by atoms with E-state index in [0.29, 0.717) is 22.8 Å². The van der Waals surface area contributed by atoms with Crippen LogP contribution in [0.1, 0.15) is 10.4 Å². The number of ether oxygens (including phenoxy) is 2. The maximum Gasteiger partial charge on any atom is 0.151 e. The standard InChI is InChI=1S/C13H9Br2NO3/c1-18-12-3-11(15)13(4-10(12)14)19-9-2-8(7-17)5-16-6-9/h2-7H,1H3. The highest BCUT2D eigenvalue weighted by Crippen LogP contribution is 2.37. The molecule has 0 fully saturated rings. The van der Waals surface area contributed by atoms with Gasteiger partial charge in [-0.1, -0.05) is 0 Å². The van der Waals surface area contributed by atoms with Crippen molar-refractivity contribution in [1.29, 1.82) is 0 Å². The Kier molecular flexibility index (Phi) is 4.55. The quantitative estimate of drug-likeness (QED) is 0.738. The van der Waals surface area contributed by atoms with Gasteiger partial charge >= 0.3 is 0 Å². The van der Waals surface area contributed by atoms with Gasteiger partial charge in [-0.05, 0) is 50.1 Å². The fourth-order valence-electron chi connectivity index (χ4n) is 1.43. The number of hydrogen-bond donors (Lipinski definition) is 0. The summed E-state index contributed by atoms with van der Waals surface area (Å²) in [7, 11) is 1.59. The molecular weight excluding hydrogens is 378 g/mol. The number of nitrogens with zero attached hydrogens (tertiary/aromatic N) is 1.